The zero-order chi connectivity index (χ0) is 43.5. The van der Waals surface area contributed by atoms with E-state index in [1.807, 2.05) is 13.0 Å². The van der Waals surface area contributed by atoms with Crippen molar-refractivity contribution in [2.24, 2.45) is 17.8 Å². The molecule has 1 unspecified atom stereocenters. The largest absolute Gasteiger partial charge is 0.491 e. The van der Waals surface area contributed by atoms with Gasteiger partial charge in [-0.05, 0) is 108 Å². The molecule has 0 spiro atoms. The minimum absolute atomic E-state index is 0.00572. The summed E-state index contributed by atoms with van der Waals surface area (Å²) in [4.78, 5) is 61.7. The third-order valence-electron chi connectivity index (χ3n) is 12.7. The Morgan fingerprint density at radius 3 is 2.47 bits per heavy atom. The first-order chi connectivity index (χ1) is 27.6. The van der Waals surface area contributed by atoms with E-state index in [1.165, 1.54) is 25.3 Å². The number of ether oxygens (including phenoxy) is 2. The molecule has 0 bridgehead atoms. The van der Waals surface area contributed by atoms with Gasteiger partial charge in [0, 0.05) is 30.0 Å². The number of nitrogens with one attached hydrogen (secondary N) is 2. The van der Waals surface area contributed by atoms with E-state index in [-0.39, 0.29) is 47.8 Å². The number of sulfonamides is 1. The van der Waals surface area contributed by atoms with Gasteiger partial charge in [0.15, 0.2) is 17.2 Å². The Labute approximate surface area is 342 Å². The number of rotatable bonds is 10. The van der Waals surface area contributed by atoms with Crippen LogP contribution in [0.3, 0.4) is 0 Å². The van der Waals surface area contributed by atoms with E-state index in [1.54, 1.807) is 33.8 Å². The molecule has 6 rings (SSSR count). The molecule has 1 aromatic carbocycles. The quantitative estimate of drug-likeness (QED) is 0.186. The van der Waals surface area contributed by atoms with Crippen LogP contribution in [0.15, 0.2) is 36.5 Å². The van der Waals surface area contributed by atoms with Gasteiger partial charge in [0.1, 0.15) is 17.6 Å². The van der Waals surface area contributed by atoms with Gasteiger partial charge in [0.05, 0.1) is 11.4 Å². The molecular formula is C41H54F3N5O9S. The fraction of sp³-hybridized carbons (Fsp3) is 0.634. The van der Waals surface area contributed by atoms with Gasteiger partial charge in [0.25, 0.3) is 11.8 Å². The Morgan fingerprint density at radius 1 is 1.15 bits per heavy atom. The van der Waals surface area contributed by atoms with Crippen molar-refractivity contribution in [1.82, 2.24) is 24.8 Å². The Hall–Kier alpha value is -4.61. The Kier molecular flexibility index (Phi) is 11.8. The molecule has 3 fully saturated rings. The number of hydrogen-bond acceptors (Lipinski definition) is 9. The summed E-state index contributed by atoms with van der Waals surface area (Å²) >= 11 is 0. The summed E-state index contributed by atoms with van der Waals surface area (Å²) in [6, 6.07) is -5.05. The molecule has 1 aromatic heterocycles. The summed E-state index contributed by atoms with van der Waals surface area (Å²) in [6.07, 6.45) is 4.49. The average molecular weight is 850 g/mol. The lowest BCUT2D eigenvalue weighted by atomic mass is 9.86. The third-order valence-corrected chi connectivity index (χ3v) is 14.9. The molecule has 18 heteroatoms. The lowest BCUT2D eigenvalue weighted by Gasteiger charge is -2.42. The zero-order valence-electron chi connectivity index (χ0n) is 34.4. The lowest BCUT2D eigenvalue weighted by Crippen LogP contribution is -2.64. The fourth-order valence-electron chi connectivity index (χ4n) is 8.49. The number of carbonyl (C=O) groups excluding carboxylic acids is 3. The normalized spacial score (nSPS) is 31.4. The molecule has 324 valence electrons. The first kappa shape index (κ1) is 44.0. The minimum atomic E-state index is -4.36. The molecule has 59 heavy (non-hydrogen) atoms. The van der Waals surface area contributed by atoms with Crippen molar-refractivity contribution in [3.63, 3.8) is 0 Å². The number of nitrogens with zero attached hydrogens (tertiary/aromatic N) is 3. The van der Waals surface area contributed by atoms with E-state index in [0.29, 0.717) is 31.1 Å². The van der Waals surface area contributed by atoms with Crippen molar-refractivity contribution in [2.75, 3.05) is 6.61 Å². The second-order valence-electron chi connectivity index (χ2n) is 17.2. The molecular weight excluding hydrogens is 796 g/mol. The molecule has 3 heterocycles. The van der Waals surface area contributed by atoms with Crippen LogP contribution in [0.5, 0.6) is 11.6 Å². The van der Waals surface area contributed by atoms with Gasteiger partial charge in [-0.15, -0.1) is 0 Å². The summed E-state index contributed by atoms with van der Waals surface area (Å²) in [5, 5.41) is 13.4. The van der Waals surface area contributed by atoms with E-state index in [0.717, 1.165) is 17.9 Å². The lowest BCUT2D eigenvalue weighted by molar-refractivity contribution is -0.219. The summed E-state index contributed by atoms with van der Waals surface area (Å²) in [5.74, 6) is -6.59. The van der Waals surface area contributed by atoms with Crippen LogP contribution < -0.4 is 19.5 Å². The molecule has 4 aliphatic rings. The van der Waals surface area contributed by atoms with Crippen LogP contribution in [0.2, 0.25) is 0 Å². The van der Waals surface area contributed by atoms with E-state index in [4.69, 9.17) is 9.47 Å². The minimum Gasteiger partial charge on any atom is -0.491 e. The van der Waals surface area contributed by atoms with Gasteiger partial charge in [-0.25, -0.2) is 22.6 Å². The molecule has 2 saturated carbocycles. The predicted molar refractivity (Wildman–Crippen MR) is 211 cm³/mol. The zero-order valence-corrected chi connectivity index (χ0v) is 35.2. The first-order valence-corrected chi connectivity index (χ1v) is 21.7. The van der Waals surface area contributed by atoms with Gasteiger partial charge in [-0.2, -0.15) is 8.78 Å². The molecule has 1 saturated heterocycles. The number of benzene rings is 1. The van der Waals surface area contributed by atoms with Gasteiger partial charge in [0.2, 0.25) is 21.8 Å². The van der Waals surface area contributed by atoms with Crippen LogP contribution in [0.1, 0.15) is 99.8 Å². The van der Waals surface area contributed by atoms with E-state index in [9.17, 15) is 27.9 Å². The van der Waals surface area contributed by atoms with E-state index < -0.39 is 104 Å². The summed E-state index contributed by atoms with van der Waals surface area (Å²) < 4.78 is 89.2. The predicted octanol–water partition coefficient (Wildman–Crippen LogP) is 6.14. The molecule has 4 amide bonds. The van der Waals surface area contributed by atoms with Crippen molar-refractivity contribution < 1.29 is 55.3 Å². The smallest absolute Gasteiger partial charge is 0.408 e. The van der Waals surface area contributed by atoms with Crippen molar-refractivity contribution in [3.05, 3.63) is 42.4 Å². The summed E-state index contributed by atoms with van der Waals surface area (Å²) in [6.45, 7) is 11.0. The second kappa shape index (κ2) is 15.8. The number of hydrogen-bond donors (Lipinski definition) is 3. The highest BCUT2D eigenvalue weighted by Crippen LogP contribution is 2.51. The summed E-state index contributed by atoms with van der Waals surface area (Å²) in [7, 11) is -4.19. The molecule has 2 aliphatic heterocycles. The standard InChI is InChI=1S/C41H54F3N5O9S/c1-8-25(5)48(37(53)54)32-24(4)18-23(3)12-10-11-13-27-21-40(27,36(52)47-59(55,56)38(6)15-16-38)46-33(50)30-22-39(7,41(43,44)49(30)35(32)51)58-34-28-20-29(42)31(57-9-2)19-26(28)14-17-45-34/h11,13-14,17,19-20,23-25,27,30,32H,8-10,12,15-16,18,21-22H2,1-7H3,(H,46,50)(H,47,52)(H,53,54)/b13-11-/t23-,24+,25?,27+,30-,32-,39+,40+/m0/s1. The van der Waals surface area contributed by atoms with Crippen molar-refractivity contribution in [2.45, 2.75) is 140 Å². The number of pyridine rings is 1. The van der Waals surface area contributed by atoms with Gasteiger partial charge < -0.3 is 19.9 Å². The van der Waals surface area contributed by atoms with Gasteiger partial charge in [-0.3, -0.25) is 28.9 Å². The maximum Gasteiger partial charge on any atom is 0.408 e. The number of carboxylic acid groups (broad SMARTS) is 1. The maximum absolute atomic E-state index is 17.6. The highest BCUT2D eigenvalue weighted by atomic mass is 32.2. The summed E-state index contributed by atoms with van der Waals surface area (Å²) in [5.41, 5.74) is -4.62. The Morgan fingerprint density at radius 2 is 1.85 bits per heavy atom. The maximum atomic E-state index is 17.6. The first-order valence-electron chi connectivity index (χ1n) is 20.2. The van der Waals surface area contributed by atoms with Crippen molar-refractivity contribution in [1.29, 1.82) is 0 Å². The highest BCUT2D eigenvalue weighted by Gasteiger charge is 2.71. The number of aromatic nitrogens is 1. The number of halogens is 3. The van der Waals surface area contributed by atoms with E-state index >= 15 is 18.0 Å². The monoisotopic (exact) mass is 849 g/mol. The van der Waals surface area contributed by atoms with Crippen LogP contribution in [0.4, 0.5) is 18.0 Å². The number of fused-ring (bicyclic) bond motifs is 3. The Bertz CT molecular complexity index is 2150. The number of carbonyl (C=O) groups is 4. The molecule has 2 aromatic rings. The number of amides is 4. The van der Waals surface area contributed by atoms with Crippen LogP contribution >= 0.6 is 0 Å². The number of allylic oxidation sites excluding steroid dienone is 1. The van der Waals surface area contributed by atoms with Crippen molar-refractivity contribution in [3.8, 4) is 11.6 Å². The van der Waals surface area contributed by atoms with Crippen LogP contribution in [0, 0.1) is 23.6 Å². The molecule has 14 nitrogen and oxygen atoms in total. The molecule has 2 aliphatic carbocycles. The SMILES string of the molecule is CCOc1cc2ccnc(O[C@]3(C)C[C@H]4C(=O)N[C@]5(C(=O)NS(=O)(=O)C6(C)CC6)C[C@H]5/C=C\CC[C@H](C)C[C@@H](C)[C@H](N(C(=O)O)C(C)CC)C(=O)N4C3(F)F)c2cc1F. The van der Waals surface area contributed by atoms with Gasteiger partial charge >= 0.3 is 12.1 Å². The van der Waals surface area contributed by atoms with Gasteiger partial charge in [-0.1, -0.05) is 32.9 Å². The molecule has 8 atom stereocenters. The average Bonchev–Trinajstić information content (AvgIpc) is 4.06. The third kappa shape index (κ3) is 7.92. The number of alkyl halides is 2. The van der Waals surface area contributed by atoms with Crippen LogP contribution in [0.25, 0.3) is 10.8 Å². The van der Waals surface area contributed by atoms with Crippen molar-refractivity contribution >= 4 is 44.6 Å². The second-order valence-corrected chi connectivity index (χ2v) is 19.4. The van der Waals surface area contributed by atoms with E-state index in [2.05, 4.69) is 15.0 Å². The fourth-order valence-corrected chi connectivity index (χ4v) is 9.80. The molecule has 0 radical (unpaired) electrons. The highest BCUT2D eigenvalue weighted by molar-refractivity contribution is 7.91. The topological polar surface area (TPSA) is 185 Å². The molecule has 3 N–H and O–H groups in total. The van der Waals surface area contributed by atoms with Crippen LogP contribution in [-0.4, -0.2) is 98.8 Å². The van der Waals surface area contributed by atoms with Crippen LogP contribution in [-0.2, 0) is 24.4 Å². The Balaban J connectivity index is 1.48.